The molecular formula is C19H13NO3. The molecule has 3 heterocycles. The molecule has 4 nitrogen and oxygen atoms in total. The van der Waals surface area contributed by atoms with Crippen LogP contribution in [0.1, 0.15) is 5.56 Å². The Kier molecular flexibility index (Phi) is 2.32. The van der Waals surface area contributed by atoms with Crippen molar-refractivity contribution >= 4 is 11.6 Å². The molecule has 0 saturated carbocycles. The highest BCUT2D eigenvalue weighted by atomic mass is 16.5. The summed E-state index contributed by atoms with van der Waals surface area (Å²) in [6, 6.07) is 7.78. The van der Waals surface area contributed by atoms with Crippen LogP contribution in [-0.4, -0.2) is 12.0 Å². The summed E-state index contributed by atoms with van der Waals surface area (Å²) >= 11 is 0. The summed E-state index contributed by atoms with van der Waals surface area (Å²) in [5.41, 5.74) is 2.83. The largest absolute Gasteiger partial charge is 0.489 e. The topological polar surface area (TPSA) is 47.6 Å². The van der Waals surface area contributed by atoms with Crippen molar-refractivity contribution in [2.45, 2.75) is 11.5 Å². The monoisotopic (exact) mass is 303 g/mol. The summed E-state index contributed by atoms with van der Waals surface area (Å²) in [6.45, 7) is 0. The van der Waals surface area contributed by atoms with Gasteiger partial charge in [-0.2, -0.15) is 0 Å². The molecular weight excluding hydrogens is 290 g/mol. The van der Waals surface area contributed by atoms with Crippen LogP contribution in [0.25, 0.3) is 0 Å². The van der Waals surface area contributed by atoms with Gasteiger partial charge in [-0.1, -0.05) is 24.3 Å². The van der Waals surface area contributed by atoms with E-state index in [1.807, 2.05) is 54.6 Å². The minimum Gasteiger partial charge on any atom is -0.489 e. The Hall–Kier alpha value is -3.01. The first kappa shape index (κ1) is 12.5. The standard InChI is InChI=1S/C19H13NO3/c21-18-19(13-5-1-2-6-15(13)20-18)7-9-23-17-11-16-12(10-14(17)19)4-3-8-22-16/h1-11,16H,(H,20,21). The fraction of sp³-hybridized carbons (Fsp3) is 0.105. The van der Waals surface area contributed by atoms with Gasteiger partial charge in [0.25, 0.3) is 0 Å². The molecule has 4 heteroatoms. The van der Waals surface area contributed by atoms with Crippen LogP contribution in [0.15, 0.2) is 84.1 Å². The summed E-state index contributed by atoms with van der Waals surface area (Å²) in [4.78, 5) is 12.9. The summed E-state index contributed by atoms with van der Waals surface area (Å²) in [6.07, 6.45) is 12.7. The Morgan fingerprint density at radius 2 is 2.09 bits per heavy atom. The average Bonchev–Trinajstić information content (AvgIpc) is 2.87. The van der Waals surface area contributed by atoms with E-state index in [0.717, 1.165) is 22.4 Å². The third-order valence-electron chi connectivity index (χ3n) is 4.70. The fourth-order valence-corrected chi connectivity index (χ4v) is 3.61. The van der Waals surface area contributed by atoms with Crippen molar-refractivity contribution in [3.05, 3.63) is 89.6 Å². The first-order chi connectivity index (χ1) is 11.3. The number of anilines is 1. The molecule has 0 saturated heterocycles. The van der Waals surface area contributed by atoms with E-state index in [9.17, 15) is 4.79 Å². The highest BCUT2D eigenvalue weighted by Gasteiger charge is 2.51. The Balaban J connectivity index is 1.77. The van der Waals surface area contributed by atoms with Crippen molar-refractivity contribution in [1.82, 2.24) is 0 Å². The Morgan fingerprint density at radius 3 is 3.04 bits per heavy atom. The quantitative estimate of drug-likeness (QED) is 0.801. The van der Waals surface area contributed by atoms with E-state index in [4.69, 9.17) is 9.47 Å². The lowest BCUT2D eigenvalue weighted by Gasteiger charge is -2.35. The zero-order valence-corrected chi connectivity index (χ0v) is 12.2. The molecule has 3 aliphatic heterocycles. The minimum atomic E-state index is -0.840. The third kappa shape index (κ3) is 1.52. The number of rotatable bonds is 0. The predicted octanol–water partition coefficient (Wildman–Crippen LogP) is 3.08. The van der Waals surface area contributed by atoms with Gasteiger partial charge in [0.1, 0.15) is 17.3 Å². The number of carbonyl (C=O) groups excluding carboxylic acids is 1. The molecule has 1 aromatic carbocycles. The molecule has 1 spiro atoms. The summed E-state index contributed by atoms with van der Waals surface area (Å²) in [7, 11) is 0. The molecule has 0 aromatic heterocycles. The zero-order chi connectivity index (χ0) is 15.4. The van der Waals surface area contributed by atoms with Gasteiger partial charge < -0.3 is 14.8 Å². The molecule has 4 aliphatic rings. The number of hydrogen-bond donors (Lipinski definition) is 1. The van der Waals surface area contributed by atoms with Gasteiger partial charge >= 0.3 is 0 Å². The molecule has 112 valence electrons. The lowest BCUT2D eigenvalue weighted by molar-refractivity contribution is -0.118. The van der Waals surface area contributed by atoms with Gasteiger partial charge in [-0.3, -0.25) is 4.79 Å². The third-order valence-corrected chi connectivity index (χ3v) is 4.70. The van der Waals surface area contributed by atoms with Gasteiger partial charge in [-0.15, -0.1) is 0 Å². The van der Waals surface area contributed by atoms with Crippen molar-refractivity contribution < 1.29 is 14.3 Å². The zero-order valence-electron chi connectivity index (χ0n) is 12.2. The van der Waals surface area contributed by atoms with E-state index in [1.165, 1.54) is 0 Å². The van der Waals surface area contributed by atoms with Gasteiger partial charge in [-0.25, -0.2) is 0 Å². The van der Waals surface area contributed by atoms with Crippen molar-refractivity contribution in [2.75, 3.05) is 5.32 Å². The van der Waals surface area contributed by atoms with E-state index >= 15 is 0 Å². The molecule has 1 amide bonds. The van der Waals surface area contributed by atoms with Crippen molar-refractivity contribution in [3.63, 3.8) is 0 Å². The van der Waals surface area contributed by atoms with Gasteiger partial charge in [0, 0.05) is 17.3 Å². The molecule has 2 atom stereocenters. The Bertz CT molecular complexity index is 888. The Labute approximate surface area is 133 Å². The van der Waals surface area contributed by atoms with Crippen LogP contribution in [-0.2, 0) is 19.7 Å². The molecule has 1 aromatic rings. The number of nitrogens with one attached hydrogen (secondary N) is 1. The van der Waals surface area contributed by atoms with E-state index in [1.54, 1.807) is 12.5 Å². The Morgan fingerprint density at radius 1 is 1.17 bits per heavy atom. The number of fused-ring (bicyclic) bond motifs is 5. The molecule has 0 radical (unpaired) electrons. The average molecular weight is 303 g/mol. The highest BCUT2D eigenvalue weighted by Crippen LogP contribution is 2.50. The number of amides is 1. The molecule has 23 heavy (non-hydrogen) atoms. The number of para-hydroxylation sites is 1. The number of benzene rings is 1. The van der Waals surface area contributed by atoms with E-state index < -0.39 is 5.41 Å². The molecule has 0 fully saturated rings. The number of allylic oxidation sites excluding steroid dienone is 3. The maximum absolute atomic E-state index is 12.9. The first-order valence-corrected chi connectivity index (χ1v) is 7.51. The van der Waals surface area contributed by atoms with Crippen LogP contribution in [0.2, 0.25) is 0 Å². The van der Waals surface area contributed by atoms with E-state index in [-0.39, 0.29) is 12.0 Å². The lowest BCUT2D eigenvalue weighted by Crippen LogP contribution is -2.39. The van der Waals surface area contributed by atoms with Gasteiger partial charge in [-0.05, 0) is 35.4 Å². The summed E-state index contributed by atoms with van der Waals surface area (Å²) < 4.78 is 11.3. The maximum atomic E-state index is 12.9. The van der Waals surface area contributed by atoms with Gasteiger partial charge in [0.2, 0.25) is 5.91 Å². The predicted molar refractivity (Wildman–Crippen MR) is 85.2 cm³/mol. The second kappa shape index (κ2) is 4.26. The first-order valence-electron chi connectivity index (χ1n) is 7.51. The van der Waals surface area contributed by atoms with Gasteiger partial charge in [0.15, 0.2) is 0 Å². The van der Waals surface area contributed by atoms with Gasteiger partial charge in [0.05, 0.1) is 12.5 Å². The van der Waals surface area contributed by atoms with Crippen molar-refractivity contribution in [2.24, 2.45) is 0 Å². The molecule has 2 unspecified atom stereocenters. The van der Waals surface area contributed by atoms with Crippen LogP contribution >= 0.6 is 0 Å². The minimum absolute atomic E-state index is 0.0540. The SMILES string of the molecule is O=C1Nc2ccccc2C12C=COC1=CC3OC=CC=C3C=C12. The lowest BCUT2D eigenvalue weighted by atomic mass is 9.71. The van der Waals surface area contributed by atoms with E-state index in [2.05, 4.69) is 5.32 Å². The number of hydrogen-bond acceptors (Lipinski definition) is 3. The normalized spacial score (nSPS) is 29.3. The molecule has 5 rings (SSSR count). The van der Waals surface area contributed by atoms with Crippen LogP contribution in [0.3, 0.4) is 0 Å². The van der Waals surface area contributed by atoms with Crippen molar-refractivity contribution in [3.8, 4) is 0 Å². The molecule has 0 bridgehead atoms. The summed E-state index contributed by atoms with van der Waals surface area (Å²) in [5.74, 6) is 0.624. The number of carbonyl (C=O) groups is 1. The fourth-order valence-electron chi connectivity index (χ4n) is 3.61. The van der Waals surface area contributed by atoms with Crippen LogP contribution < -0.4 is 5.32 Å². The summed E-state index contributed by atoms with van der Waals surface area (Å²) in [5, 5.41) is 2.98. The van der Waals surface area contributed by atoms with E-state index in [0.29, 0.717) is 5.76 Å². The van der Waals surface area contributed by atoms with Crippen molar-refractivity contribution in [1.29, 1.82) is 0 Å². The highest BCUT2D eigenvalue weighted by molar-refractivity contribution is 6.11. The number of ether oxygens (including phenoxy) is 2. The van der Waals surface area contributed by atoms with Crippen LogP contribution in [0, 0.1) is 0 Å². The smallest absolute Gasteiger partial charge is 0.243 e. The van der Waals surface area contributed by atoms with Crippen LogP contribution in [0.5, 0.6) is 0 Å². The van der Waals surface area contributed by atoms with Crippen LogP contribution in [0.4, 0.5) is 5.69 Å². The second-order valence-corrected chi connectivity index (χ2v) is 5.87. The second-order valence-electron chi connectivity index (χ2n) is 5.87. The molecule has 1 aliphatic carbocycles. The molecule has 1 N–H and O–H groups in total. The maximum Gasteiger partial charge on any atom is 0.243 e.